The summed E-state index contributed by atoms with van der Waals surface area (Å²) >= 11 is 0. The second-order valence-corrected chi connectivity index (χ2v) is 5.65. The average Bonchev–Trinajstić information content (AvgIpc) is 2.97. The van der Waals surface area contributed by atoms with Crippen LogP contribution in [0.2, 0.25) is 0 Å². The Morgan fingerprint density at radius 2 is 1.36 bits per heavy atom. The van der Waals surface area contributed by atoms with Gasteiger partial charge >= 0.3 is 0 Å². The minimum absolute atomic E-state index is 1.17. The van der Waals surface area contributed by atoms with Gasteiger partial charge in [-0.25, -0.2) is 0 Å². The zero-order valence-corrected chi connectivity index (χ0v) is 12.5. The fraction of sp³-hybridized carbons (Fsp3) is 0.0476. The van der Waals surface area contributed by atoms with Gasteiger partial charge in [0.1, 0.15) is 0 Å². The maximum atomic E-state index is 3.51. The number of aryl methyl sites for hydroxylation is 1. The molecule has 3 aromatic carbocycles. The first kappa shape index (κ1) is 12.9. The van der Waals surface area contributed by atoms with Crippen LogP contribution < -0.4 is 0 Å². The Morgan fingerprint density at radius 1 is 0.636 bits per heavy atom. The van der Waals surface area contributed by atoms with Crippen molar-refractivity contribution >= 4 is 10.8 Å². The molecule has 0 aliphatic heterocycles. The summed E-state index contributed by atoms with van der Waals surface area (Å²) in [4.78, 5) is 3.51. The summed E-state index contributed by atoms with van der Waals surface area (Å²) < 4.78 is 0. The van der Waals surface area contributed by atoms with Crippen molar-refractivity contribution in [1.82, 2.24) is 4.98 Å². The van der Waals surface area contributed by atoms with Gasteiger partial charge in [0.25, 0.3) is 0 Å². The normalized spacial score (nSPS) is 11.0. The van der Waals surface area contributed by atoms with Crippen molar-refractivity contribution in [2.45, 2.75) is 6.92 Å². The standard InChI is InChI=1S/C21H17N/c1-15-20(14-21(22-15)17-8-3-2-4-9-17)19-12-11-16-7-5-6-10-18(16)13-19/h2-14,22H,1H3. The topological polar surface area (TPSA) is 15.8 Å². The fourth-order valence-electron chi connectivity index (χ4n) is 2.99. The van der Waals surface area contributed by atoms with Gasteiger partial charge in [0.2, 0.25) is 0 Å². The Labute approximate surface area is 130 Å². The quantitative estimate of drug-likeness (QED) is 0.478. The molecule has 1 nitrogen and oxygen atoms in total. The molecule has 0 atom stereocenters. The molecule has 0 aliphatic rings. The van der Waals surface area contributed by atoms with Crippen molar-refractivity contribution in [2.75, 3.05) is 0 Å². The number of H-pyrrole nitrogens is 1. The molecular formula is C21H17N. The van der Waals surface area contributed by atoms with E-state index in [4.69, 9.17) is 0 Å². The summed E-state index contributed by atoms with van der Waals surface area (Å²) in [5.41, 5.74) is 6.12. The molecule has 0 saturated carbocycles. The van der Waals surface area contributed by atoms with Crippen molar-refractivity contribution < 1.29 is 0 Å². The summed E-state index contributed by atoms with van der Waals surface area (Å²) in [6.07, 6.45) is 0. The van der Waals surface area contributed by atoms with Crippen LogP contribution in [0.25, 0.3) is 33.2 Å². The summed E-state index contributed by atoms with van der Waals surface area (Å²) in [6, 6.07) is 27.8. The third kappa shape index (κ3) is 2.21. The van der Waals surface area contributed by atoms with Crippen molar-refractivity contribution in [3.63, 3.8) is 0 Å². The molecule has 1 heterocycles. The van der Waals surface area contributed by atoms with Gasteiger partial charge in [0.05, 0.1) is 0 Å². The zero-order chi connectivity index (χ0) is 14.9. The van der Waals surface area contributed by atoms with E-state index in [1.54, 1.807) is 0 Å². The lowest BCUT2D eigenvalue weighted by Gasteiger charge is -2.03. The number of aromatic amines is 1. The molecule has 22 heavy (non-hydrogen) atoms. The second kappa shape index (κ2) is 5.19. The molecule has 1 N–H and O–H groups in total. The van der Waals surface area contributed by atoms with Crippen molar-refractivity contribution in [3.05, 3.63) is 84.6 Å². The maximum Gasteiger partial charge on any atom is 0.0462 e. The monoisotopic (exact) mass is 283 g/mol. The summed E-state index contributed by atoms with van der Waals surface area (Å²) in [5.74, 6) is 0. The Balaban J connectivity index is 1.83. The van der Waals surface area contributed by atoms with Crippen LogP contribution >= 0.6 is 0 Å². The zero-order valence-electron chi connectivity index (χ0n) is 12.5. The predicted octanol–water partition coefficient (Wildman–Crippen LogP) is 5.81. The highest BCUT2D eigenvalue weighted by Gasteiger charge is 2.08. The number of nitrogens with one attached hydrogen (secondary N) is 1. The van der Waals surface area contributed by atoms with Gasteiger partial charge < -0.3 is 4.98 Å². The van der Waals surface area contributed by atoms with E-state index < -0.39 is 0 Å². The average molecular weight is 283 g/mol. The first-order valence-electron chi connectivity index (χ1n) is 7.55. The van der Waals surface area contributed by atoms with E-state index in [1.165, 1.54) is 38.9 Å². The molecule has 0 radical (unpaired) electrons. The van der Waals surface area contributed by atoms with Crippen molar-refractivity contribution in [3.8, 4) is 22.4 Å². The highest BCUT2D eigenvalue weighted by Crippen LogP contribution is 2.31. The molecule has 0 spiro atoms. The Kier molecular flexibility index (Phi) is 3.05. The number of aromatic nitrogens is 1. The lowest BCUT2D eigenvalue weighted by atomic mass is 10.0. The van der Waals surface area contributed by atoms with Crippen molar-refractivity contribution in [2.24, 2.45) is 0 Å². The van der Waals surface area contributed by atoms with Crippen LogP contribution in [0, 0.1) is 6.92 Å². The van der Waals surface area contributed by atoms with Crippen LogP contribution in [0.3, 0.4) is 0 Å². The number of fused-ring (bicyclic) bond motifs is 1. The first-order chi connectivity index (χ1) is 10.8. The van der Waals surface area contributed by atoms with Crippen LogP contribution in [0.1, 0.15) is 5.69 Å². The summed E-state index contributed by atoms with van der Waals surface area (Å²) in [7, 11) is 0. The van der Waals surface area contributed by atoms with E-state index in [0.29, 0.717) is 0 Å². The molecule has 0 bridgehead atoms. The van der Waals surface area contributed by atoms with E-state index in [1.807, 2.05) is 6.07 Å². The van der Waals surface area contributed by atoms with E-state index >= 15 is 0 Å². The minimum Gasteiger partial charge on any atom is -0.358 e. The van der Waals surface area contributed by atoms with Crippen LogP contribution in [-0.4, -0.2) is 4.98 Å². The summed E-state index contributed by atoms with van der Waals surface area (Å²) in [6.45, 7) is 2.14. The molecule has 4 rings (SSSR count). The highest BCUT2D eigenvalue weighted by atomic mass is 14.7. The Hall–Kier alpha value is -2.80. The number of rotatable bonds is 2. The van der Waals surface area contributed by atoms with Gasteiger partial charge in [-0.05, 0) is 41.0 Å². The van der Waals surface area contributed by atoms with Gasteiger partial charge in [0.15, 0.2) is 0 Å². The van der Waals surface area contributed by atoms with Gasteiger partial charge in [-0.1, -0.05) is 66.7 Å². The molecule has 4 aromatic rings. The molecule has 0 amide bonds. The molecule has 0 aliphatic carbocycles. The van der Waals surface area contributed by atoms with E-state index in [0.717, 1.165) is 0 Å². The predicted molar refractivity (Wildman–Crippen MR) is 93.9 cm³/mol. The second-order valence-electron chi connectivity index (χ2n) is 5.65. The fourth-order valence-corrected chi connectivity index (χ4v) is 2.99. The van der Waals surface area contributed by atoms with E-state index in [-0.39, 0.29) is 0 Å². The Bertz CT molecular complexity index is 932. The number of hydrogen-bond donors (Lipinski definition) is 1. The third-order valence-electron chi connectivity index (χ3n) is 4.16. The van der Waals surface area contributed by atoms with Crippen LogP contribution in [0.4, 0.5) is 0 Å². The van der Waals surface area contributed by atoms with Crippen LogP contribution in [0.15, 0.2) is 78.9 Å². The highest BCUT2D eigenvalue weighted by molar-refractivity contribution is 5.88. The maximum absolute atomic E-state index is 3.51. The SMILES string of the molecule is Cc1[nH]c(-c2ccccc2)cc1-c1ccc2ccccc2c1. The van der Waals surface area contributed by atoms with Gasteiger partial charge in [-0.15, -0.1) is 0 Å². The molecule has 0 saturated heterocycles. The minimum atomic E-state index is 1.17. The molecule has 1 aromatic heterocycles. The van der Waals surface area contributed by atoms with Gasteiger partial charge in [0, 0.05) is 17.0 Å². The number of benzene rings is 3. The van der Waals surface area contributed by atoms with Gasteiger partial charge in [-0.2, -0.15) is 0 Å². The Morgan fingerprint density at radius 3 is 2.18 bits per heavy atom. The lowest BCUT2D eigenvalue weighted by Crippen LogP contribution is -1.80. The number of hydrogen-bond acceptors (Lipinski definition) is 0. The molecular weight excluding hydrogens is 266 g/mol. The molecule has 0 fully saturated rings. The van der Waals surface area contributed by atoms with Crippen molar-refractivity contribution in [1.29, 1.82) is 0 Å². The van der Waals surface area contributed by atoms with Crippen LogP contribution in [0.5, 0.6) is 0 Å². The lowest BCUT2D eigenvalue weighted by molar-refractivity contribution is 1.27. The van der Waals surface area contributed by atoms with Crippen LogP contribution in [-0.2, 0) is 0 Å². The molecule has 1 heteroatoms. The summed E-state index contributed by atoms with van der Waals surface area (Å²) in [5, 5.41) is 2.56. The molecule has 106 valence electrons. The molecule has 0 unspecified atom stereocenters. The smallest absolute Gasteiger partial charge is 0.0462 e. The first-order valence-corrected chi connectivity index (χ1v) is 7.55. The van der Waals surface area contributed by atoms with Gasteiger partial charge in [-0.3, -0.25) is 0 Å². The largest absolute Gasteiger partial charge is 0.358 e. The van der Waals surface area contributed by atoms with E-state index in [2.05, 4.69) is 84.7 Å². The third-order valence-corrected chi connectivity index (χ3v) is 4.16. The van der Waals surface area contributed by atoms with E-state index in [9.17, 15) is 0 Å².